The largest absolute Gasteiger partial charge is 0.399 e. The van der Waals surface area contributed by atoms with Crippen LogP contribution in [0.2, 0.25) is 0 Å². The fourth-order valence-electron chi connectivity index (χ4n) is 2.08. The molecular formula is C15H18N2O2S. The zero-order valence-corrected chi connectivity index (χ0v) is 12.4. The van der Waals surface area contributed by atoms with Crippen molar-refractivity contribution in [2.45, 2.75) is 18.7 Å². The number of nitrogen functional groups attached to an aromatic ring is 1. The zero-order chi connectivity index (χ0) is 14.8. The molecule has 0 aliphatic heterocycles. The molecule has 0 spiro atoms. The molecule has 0 radical (unpaired) electrons. The molecule has 0 fully saturated rings. The Morgan fingerprint density at radius 3 is 2.40 bits per heavy atom. The van der Waals surface area contributed by atoms with Gasteiger partial charge in [0.2, 0.25) is 0 Å². The van der Waals surface area contributed by atoms with Crippen LogP contribution in [0.5, 0.6) is 0 Å². The summed E-state index contributed by atoms with van der Waals surface area (Å²) in [5.74, 6) is 0. The monoisotopic (exact) mass is 290 g/mol. The molecule has 0 amide bonds. The van der Waals surface area contributed by atoms with Gasteiger partial charge in [0.1, 0.15) is 0 Å². The first-order chi connectivity index (χ1) is 9.45. The van der Waals surface area contributed by atoms with Gasteiger partial charge in [0.25, 0.3) is 10.0 Å². The van der Waals surface area contributed by atoms with Gasteiger partial charge in [0.15, 0.2) is 0 Å². The van der Waals surface area contributed by atoms with Crippen LogP contribution in [-0.4, -0.2) is 15.0 Å². The van der Waals surface area contributed by atoms with Crippen LogP contribution >= 0.6 is 0 Å². The second kappa shape index (κ2) is 5.54. The van der Waals surface area contributed by atoms with Crippen molar-refractivity contribution in [2.75, 3.05) is 16.6 Å². The maximum Gasteiger partial charge on any atom is 0.264 e. The van der Waals surface area contributed by atoms with Crippen LogP contribution in [0, 0.1) is 6.92 Å². The molecule has 5 heteroatoms. The molecule has 0 bridgehead atoms. The molecule has 0 atom stereocenters. The van der Waals surface area contributed by atoms with Gasteiger partial charge >= 0.3 is 0 Å². The molecule has 0 aliphatic carbocycles. The number of sulfonamides is 1. The summed E-state index contributed by atoms with van der Waals surface area (Å²) in [7, 11) is -3.59. The van der Waals surface area contributed by atoms with Crippen LogP contribution in [0.1, 0.15) is 12.5 Å². The summed E-state index contributed by atoms with van der Waals surface area (Å²) in [5, 5.41) is 0. The first-order valence-electron chi connectivity index (χ1n) is 6.40. The summed E-state index contributed by atoms with van der Waals surface area (Å²) in [4.78, 5) is 0.209. The summed E-state index contributed by atoms with van der Waals surface area (Å²) in [5.41, 5.74) is 7.79. The predicted molar refractivity (Wildman–Crippen MR) is 82.2 cm³/mol. The van der Waals surface area contributed by atoms with Crippen molar-refractivity contribution < 1.29 is 8.42 Å². The molecular weight excluding hydrogens is 272 g/mol. The van der Waals surface area contributed by atoms with Crippen molar-refractivity contribution in [1.29, 1.82) is 0 Å². The third-order valence-corrected chi connectivity index (χ3v) is 4.92. The van der Waals surface area contributed by atoms with E-state index in [1.807, 2.05) is 32.0 Å². The van der Waals surface area contributed by atoms with E-state index in [1.54, 1.807) is 24.3 Å². The van der Waals surface area contributed by atoms with Gasteiger partial charge in [-0.25, -0.2) is 8.42 Å². The lowest BCUT2D eigenvalue weighted by molar-refractivity contribution is 0.592. The van der Waals surface area contributed by atoms with E-state index in [1.165, 1.54) is 10.4 Å². The number of benzene rings is 2. The molecule has 0 aromatic heterocycles. The van der Waals surface area contributed by atoms with Crippen molar-refractivity contribution in [3.63, 3.8) is 0 Å². The highest BCUT2D eigenvalue weighted by molar-refractivity contribution is 7.92. The third kappa shape index (κ3) is 2.77. The molecule has 0 unspecified atom stereocenters. The van der Waals surface area contributed by atoms with Gasteiger partial charge in [-0.3, -0.25) is 4.31 Å². The van der Waals surface area contributed by atoms with E-state index in [0.29, 0.717) is 17.9 Å². The van der Waals surface area contributed by atoms with Crippen molar-refractivity contribution in [1.82, 2.24) is 0 Å². The molecule has 0 heterocycles. The van der Waals surface area contributed by atoms with Crippen LogP contribution in [0.3, 0.4) is 0 Å². The highest BCUT2D eigenvalue weighted by atomic mass is 32.2. The molecule has 2 aromatic rings. The topological polar surface area (TPSA) is 63.4 Å². The molecule has 0 aliphatic rings. The van der Waals surface area contributed by atoms with E-state index in [9.17, 15) is 8.42 Å². The minimum atomic E-state index is -3.59. The van der Waals surface area contributed by atoms with Crippen LogP contribution < -0.4 is 10.0 Å². The maximum absolute atomic E-state index is 12.7. The van der Waals surface area contributed by atoms with Crippen molar-refractivity contribution in [2.24, 2.45) is 0 Å². The Morgan fingerprint density at radius 1 is 1.10 bits per heavy atom. The summed E-state index contributed by atoms with van der Waals surface area (Å²) < 4.78 is 26.8. The van der Waals surface area contributed by atoms with Gasteiger partial charge in [-0.15, -0.1) is 0 Å². The number of nitrogens with two attached hydrogens (primary N) is 1. The molecule has 0 saturated heterocycles. The SMILES string of the molecule is CCN(c1cccc(C)c1)S(=O)(=O)c1cccc(N)c1. The average molecular weight is 290 g/mol. The Morgan fingerprint density at radius 2 is 1.80 bits per heavy atom. The smallest absolute Gasteiger partial charge is 0.264 e. The van der Waals surface area contributed by atoms with Gasteiger partial charge in [0, 0.05) is 12.2 Å². The molecule has 20 heavy (non-hydrogen) atoms. The van der Waals surface area contributed by atoms with Gasteiger partial charge in [-0.05, 0) is 49.7 Å². The molecule has 106 valence electrons. The van der Waals surface area contributed by atoms with Crippen LogP contribution in [0.25, 0.3) is 0 Å². The van der Waals surface area contributed by atoms with Gasteiger partial charge in [-0.2, -0.15) is 0 Å². The van der Waals surface area contributed by atoms with Crippen LogP contribution in [-0.2, 0) is 10.0 Å². The van der Waals surface area contributed by atoms with Crippen molar-refractivity contribution in [3.05, 3.63) is 54.1 Å². The minimum absolute atomic E-state index is 0.209. The van der Waals surface area contributed by atoms with Crippen molar-refractivity contribution >= 4 is 21.4 Å². The summed E-state index contributed by atoms with van der Waals surface area (Å²) in [6, 6.07) is 13.8. The standard InChI is InChI=1S/C15H18N2O2S/c1-3-17(14-8-4-6-12(2)10-14)20(18,19)15-9-5-7-13(16)11-15/h4-11H,3,16H2,1-2H3. The first kappa shape index (κ1) is 14.4. The normalized spacial score (nSPS) is 11.3. The van der Waals surface area contributed by atoms with Crippen LogP contribution in [0.4, 0.5) is 11.4 Å². The summed E-state index contributed by atoms with van der Waals surface area (Å²) in [6.45, 7) is 4.11. The fourth-order valence-corrected chi connectivity index (χ4v) is 3.60. The minimum Gasteiger partial charge on any atom is -0.399 e. The maximum atomic E-state index is 12.7. The lowest BCUT2D eigenvalue weighted by Crippen LogP contribution is -2.30. The Bertz CT molecular complexity index is 711. The van der Waals surface area contributed by atoms with Gasteiger partial charge in [-0.1, -0.05) is 18.2 Å². The van der Waals surface area contributed by atoms with E-state index in [0.717, 1.165) is 5.56 Å². The van der Waals surface area contributed by atoms with E-state index >= 15 is 0 Å². The van der Waals surface area contributed by atoms with Crippen molar-refractivity contribution in [3.8, 4) is 0 Å². The number of anilines is 2. The summed E-state index contributed by atoms with van der Waals surface area (Å²) >= 11 is 0. The highest BCUT2D eigenvalue weighted by Crippen LogP contribution is 2.25. The predicted octanol–water partition coefficient (Wildman–Crippen LogP) is 2.79. The zero-order valence-electron chi connectivity index (χ0n) is 11.6. The first-order valence-corrected chi connectivity index (χ1v) is 7.84. The Hall–Kier alpha value is -2.01. The quantitative estimate of drug-likeness (QED) is 0.881. The van der Waals surface area contributed by atoms with Gasteiger partial charge in [0.05, 0.1) is 10.6 Å². The van der Waals surface area contributed by atoms with E-state index in [-0.39, 0.29) is 4.90 Å². The lowest BCUT2D eigenvalue weighted by atomic mass is 10.2. The Balaban J connectivity index is 2.50. The molecule has 2 aromatic carbocycles. The molecule has 0 saturated carbocycles. The third-order valence-electron chi connectivity index (χ3n) is 3.02. The number of hydrogen-bond donors (Lipinski definition) is 1. The average Bonchev–Trinajstić information content (AvgIpc) is 2.39. The number of hydrogen-bond acceptors (Lipinski definition) is 3. The Kier molecular flexibility index (Phi) is 3.99. The number of rotatable bonds is 4. The molecule has 2 rings (SSSR count). The molecule has 4 nitrogen and oxygen atoms in total. The van der Waals surface area contributed by atoms with Gasteiger partial charge < -0.3 is 5.73 Å². The molecule has 2 N–H and O–H groups in total. The summed E-state index contributed by atoms with van der Waals surface area (Å²) in [6.07, 6.45) is 0. The lowest BCUT2D eigenvalue weighted by Gasteiger charge is -2.23. The van der Waals surface area contributed by atoms with E-state index < -0.39 is 10.0 Å². The second-order valence-electron chi connectivity index (χ2n) is 4.58. The fraction of sp³-hybridized carbons (Fsp3) is 0.200. The van der Waals surface area contributed by atoms with E-state index in [2.05, 4.69) is 0 Å². The second-order valence-corrected chi connectivity index (χ2v) is 6.44. The van der Waals surface area contributed by atoms with E-state index in [4.69, 9.17) is 5.73 Å². The Labute approximate surface area is 119 Å². The van der Waals surface area contributed by atoms with Crippen LogP contribution in [0.15, 0.2) is 53.4 Å². The number of nitrogens with zero attached hydrogens (tertiary/aromatic N) is 1. The number of aryl methyl sites for hydroxylation is 1. The highest BCUT2D eigenvalue weighted by Gasteiger charge is 2.23.